The summed E-state index contributed by atoms with van der Waals surface area (Å²) in [5.74, 6) is -0.174. The van der Waals surface area contributed by atoms with Gasteiger partial charge in [0.15, 0.2) is 6.10 Å². The van der Waals surface area contributed by atoms with E-state index in [1.165, 1.54) is 0 Å². The van der Waals surface area contributed by atoms with Crippen molar-refractivity contribution in [2.45, 2.75) is 63.0 Å². The maximum absolute atomic E-state index is 14.0. The molecular weight excluding hydrogens is 592 g/mol. The van der Waals surface area contributed by atoms with Gasteiger partial charge in [-0.3, -0.25) is 14.5 Å². The average molecular weight is 637 g/mol. The number of piperidine rings is 2. The number of likely N-dealkylation sites (tertiary alicyclic amines) is 2. The molecule has 3 amide bonds. The number of nitrogens with zero attached hydrogens (tertiary/aromatic N) is 4. The monoisotopic (exact) mass is 636 g/mol. The summed E-state index contributed by atoms with van der Waals surface area (Å²) in [6.45, 7) is 7.82. The molecule has 3 N–H and O–H groups in total. The summed E-state index contributed by atoms with van der Waals surface area (Å²) in [7, 11) is 2.17. The van der Waals surface area contributed by atoms with Crippen molar-refractivity contribution in [2.75, 3.05) is 70.5 Å². The van der Waals surface area contributed by atoms with Crippen molar-refractivity contribution in [1.29, 1.82) is 0 Å². The van der Waals surface area contributed by atoms with Crippen molar-refractivity contribution >= 4 is 40.9 Å². The zero-order chi connectivity index (χ0) is 31.7. The van der Waals surface area contributed by atoms with Crippen molar-refractivity contribution in [2.24, 2.45) is 0 Å². The lowest BCUT2D eigenvalue weighted by atomic mass is 9.68. The second-order valence-electron chi connectivity index (χ2n) is 13.3. The number of nitrogen functional groups attached to an aromatic ring is 1. The largest absolute Gasteiger partial charge is 0.436 e. The molecule has 0 aromatic heterocycles. The smallest absolute Gasteiger partial charge is 0.410 e. The van der Waals surface area contributed by atoms with Crippen molar-refractivity contribution in [3.05, 3.63) is 58.1 Å². The van der Waals surface area contributed by atoms with E-state index in [0.29, 0.717) is 62.2 Å². The van der Waals surface area contributed by atoms with Crippen LogP contribution in [0.3, 0.4) is 0 Å². The molecule has 0 unspecified atom stereocenters. The van der Waals surface area contributed by atoms with Gasteiger partial charge in [0.05, 0.1) is 10.7 Å². The van der Waals surface area contributed by atoms with E-state index in [9.17, 15) is 14.4 Å². The van der Waals surface area contributed by atoms with Crippen molar-refractivity contribution in [3.63, 3.8) is 0 Å². The van der Waals surface area contributed by atoms with Gasteiger partial charge in [-0.15, -0.1) is 0 Å². The third-order valence-corrected chi connectivity index (χ3v) is 10.7. The third-order valence-electron chi connectivity index (χ3n) is 10.4. The number of benzene rings is 2. The summed E-state index contributed by atoms with van der Waals surface area (Å²) in [4.78, 5) is 48.6. The predicted molar refractivity (Wildman–Crippen MR) is 175 cm³/mol. The Labute approximate surface area is 270 Å². The number of fused-ring (bicyclic) bond motifs is 2. The van der Waals surface area contributed by atoms with Crippen LogP contribution in [-0.2, 0) is 26.2 Å². The standard InChI is InChI=1S/C34H45ClN6O4/c1-23-19-24(20-27(35)31(23)36)21-29(32(43)40-17-15-39(16-18-40)25-7-11-38(2)12-8-25)45-33(44)41-13-9-34(10-14-41)22-30(42)37-28-6-4-3-5-26(28)34/h3-6,19-20,25,29H,7-18,21-22,36H2,1-2H3,(H,37,42)/t29-/m1/s1. The molecule has 10 nitrogen and oxygen atoms in total. The summed E-state index contributed by atoms with van der Waals surface area (Å²) in [6.07, 6.45) is 2.72. The van der Waals surface area contributed by atoms with Crippen molar-refractivity contribution in [1.82, 2.24) is 19.6 Å². The lowest BCUT2D eigenvalue weighted by Crippen LogP contribution is -2.56. The lowest BCUT2D eigenvalue weighted by molar-refractivity contribution is -0.143. The van der Waals surface area contributed by atoms with E-state index in [-0.39, 0.29) is 23.7 Å². The van der Waals surface area contributed by atoms with E-state index >= 15 is 0 Å². The number of piperazine rings is 1. The van der Waals surface area contributed by atoms with Crippen LogP contribution >= 0.6 is 11.6 Å². The first kappa shape index (κ1) is 31.6. The fourth-order valence-corrected chi connectivity index (χ4v) is 7.91. The van der Waals surface area contributed by atoms with Gasteiger partial charge in [0.1, 0.15) is 0 Å². The first-order valence-electron chi connectivity index (χ1n) is 16.2. The molecule has 45 heavy (non-hydrogen) atoms. The minimum Gasteiger partial charge on any atom is -0.436 e. The van der Waals surface area contributed by atoms with Crippen LogP contribution in [0.25, 0.3) is 0 Å². The molecule has 0 bridgehead atoms. The number of para-hydroxylation sites is 1. The van der Waals surface area contributed by atoms with Crippen LogP contribution < -0.4 is 11.1 Å². The SMILES string of the molecule is Cc1cc(C[C@@H](OC(=O)N2CCC3(CC2)CC(=O)Nc2ccccc23)C(=O)N2CCN(C3CCN(C)CC3)CC2)cc(Cl)c1N. The number of ether oxygens (including phenoxy) is 1. The van der Waals surface area contributed by atoms with Crippen molar-refractivity contribution in [3.8, 4) is 0 Å². The third kappa shape index (κ3) is 6.78. The molecule has 4 aliphatic heterocycles. The quantitative estimate of drug-likeness (QED) is 0.479. The number of amides is 3. The molecule has 2 aromatic rings. The predicted octanol–water partition coefficient (Wildman–Crippen LogP) is 3.89. The Kier molecular flexibility index (Phi) is 9.27. The van der Waals surface area contributed by atoms with E-state index < -0.39 is 12.2 Å². The zero-order valence-corrected chi connectivity index (χ0v) is 27.2. The maximum atomic E-state index is 14.0. The molecule has 0 radical (unpaired) electrons. The number of carbonyl (C=O) groups is 3. The maximum Gasteiger partial charge on any atom is 0.410 e. The van der Waals surface area contributed by atoms with Crippen LogP contribution in [0.1, 0.15) is 48.8 Å². The first-order chi connectivity index (χ1) is 21.6. The van der Waals surface area contributed by atoms with Gasteiger partial charge in [-0.2, -0.15) is 0 Å². The van der Waals surface area contributed by atoms with E-state index in [2.05, 4.69) is 28.2 Å². The Hall–Kier alpha value is -3.34. The van der Waals surface area contributed by atoms with Gasteiger partial charge < -0.3 is 30.5 Å². The van der Waals surface area contributed by atoms with Gasteiger partial charge in [-0.05, 0) is 81.6 Å². The Morgan fingerprint density at radius 1 is 1.02 bits per heavy atom. The molecule has 11 heteroatoms. The molecule has 0 saturated carbocycles. The molecule has 0 aliphatic carbocycles. The Bertz CT molecular complexity index is 1400. The Morgan fingerprint density at radius 3 is 2.40 bits per heavy atom. The van der Waals surface area contributed by atoms with Crippen LogP contribution in [0.2, 0.25) is 5.02 Å². The highest BCUT2D eigenvalue weighted by Crippen LogP contribution is 2.45. The molecule has 3 saturated heterocycles. The minimum atomic E-state index is -0.983. The second-order valence-corrected chi connectivity index (χ2v) is 13.7. The number of carbonyl (C=O) groups excluding carboxylic acids is 3. The molecule has 4 heterocycles. The molecule has 2 aromatic carbocycles. The van der Waals surface area contributed by atoms with Gasteiger partial charge in [0, 0.05) is 69.3 Å². The fourth-order valence-electron chi connectivity index (χ4n) is 7.62. The highest BCUT2D eigenvalue weighted by atomic mass is 35.5. The Balaban J connectivity index is 1.13. The van der Waals surface area contributed by atoms with E-state index in [4.69, 9.17) is 22.1 Å². The summed E-state index contributed by atoms with van der Waals surface area (Å²) in [5, 5.41) is 3.41. The van der Waals surface area contributed by atoms with Crippen LogP contribution in [0.5, 0.6) is 0 Å². The van der Waals surface area contributed by atoms with Gasteiger partial charge in [0.2, 0.25) is 5.91 Å². The van der Waals surface area contributed by atoms with E-state index in [0.717, 1.165) is 61.4 Å². The fraction of sp³-hybridized carbons (Fsp3) is 0.559. The van der Waals surface area contributed by atoms with Gasteiger partial charge in [-0.1, -0.05) is 35.9 Å². The molecule has 6 rings (SSSR count). The highest BCUT2D eigenvalue weighted by Gasteiger charge is 2.44. The number of halogens is 1. The van der Waals surface area contributed by atoms with Crippen molar-refractivity contribution < 1.29 is 19.1 Å². The van der Waals surface area contributed by atoms with E-state index in [1.54, 1.807) is 11.0 Å². The van der Waals surface area contributed by atoms with Crippen LogP contribution in [0.15, 0.2) is 36.4 Å². The average Bonchev–Trinajstić information content (AvgIpc) is 3.03. The van der Waals surface area contributed by atoms with E-state index in [1.807, 2.05) is 36.1 Å². The van der Waals surface area contributed by atoms with Crippen LogP contribution in [0.4, 0.5) is 16.2 Å². The summed E-state index contributed by atoms with van der Waals surface area (Å²) < 4.78 is 6.06. The number of aryl methyl sites for hydroxylation is 1. The normalized spacial score (nSPS) is 21.7. The minimum absolute atomic E-state index is 0.00348. The van der Waals surface area contributed by atoms with Gasteiger partial charge in [0.25, 0.3) is 5.91 Å². The summed E-state index contributed by atoms with van der Waals surface area (Å²) in [5.41, 5.74) is 9.87. The number of hydrogen-bond donors (Lipinski definition) is 2. The number of rotatable bonds is 5. The molecule has 4 aliphatic rings. The highest BCUT2D eigenvalue weighted by molar-refractivity contribution is 6.33. The molecule has 1 atom stereocenters. The zero-order valence-electron chi connectivity index (χ0n) is 26.4. The molecule has 1 spiro atoms. The number of nitrogens with two attached hydrogens (primary N) is 1. The van der Waals surface area contributed by atoms with Gasteiger partial charge in [-0.25, -0.2) is 4.79 Å². The number of anilines is 2. The summed E-state index contributed by atoms with van der Waals surface area (Å²) >= 11 is 6.40. The topological polar surface area (TPSA) is 111 Å². The van der Waals surface area contributed by atoms with Crippen LogP contribution in [-0.4, -0.2) is 109 Å². The Morgan fingerprint density at radius 2 is 1.71 bits per heavy atom. The number of nitrogens with one attached hydrogen (secondary N) is 1. The first-order valence-corrected chi connectivity index (χ1v) is 16.6. The molecular formula is C34H45ClN6O4. The number of hydrogen-bond acceptors (Lipinski definition) is 7. The second kappa shape index (κ2) is 13.2. The molecule has 242 valence electrons. The van der Waals surface area contributed by atoms with Crippen LogP contribution in [0, 0.1) is 6.92 Å². The summed E-state index contributed by atoms with van der Waals surface area (Å²) in [6, 6.07) is 12.1. The lowest BCUT2D eigenvalue weighted by Gasteiger charge is -2.44. The molecule has 3 fully saturated rings. The van der Waals surface area contributed by atoms with Gasteiger partial charge >= 0.3 is 6.09 Å².